The first-order valence-corrected chi connectivity index (χ1v) is 8.08. The first kappa shape index (κ1) is 14.4. The van der Waals surface area contributed by atoms with Gasteiger partial charge in [-0.25, -0.2) is 4.39 Å². The second-order valence-corrected chi connectivity index (χ2v) is 6.31. The standard InChI is InChI=1S/C17H18FN3O2/c18-13-7-3-11(4-8-13)10-15(22)21-9-1-2-14(21)17-19-16(20-23-17)12-5-6-12/h3-4,7-8,12,14H,1-2,5-6,9-10H2. The second kappa shape index (κ2) is 5.76. The van der Waals surface area contributed by atoms with Crippen LogP contribution in [-0.2, 0) is 11.2 Å². The van der Waals surface area contributed by atoms with Crippen molar-refractivity contribution in [3.63, 3.8) is 0 Å². The summed E-state index contributed by atoms with van der Waals surface area (Å²) in [5.41, 5.74) is 0.811. The van der Waals surface area contributed by atoms with Gasteiger partial charge in [0.15, 0.2) is 5.82 Å². The van der Waals surface area contributed by atoms with Crippen LogP contribution in [-0.4, -0.2) is 27.5 Å². The van der Waals surface area contributed by atoms with Crippen molar-refractivity contribution in [2.24, 2.45) is 0 Å². The van der Waals surface area contributed by atoms with Crippen molar-refractivity contribution >= 4 is 5.91 Å². The largest absolute Gasteiger partial charge is 0.337 e. The average Bonchev–Trinajstić information content (AvgIpc) is 3.10. The van der Waals surface area contributed by atoms with E-state index in [-0.39, 0.29) is 24.2 Å². The van der Waals surface area contributed by atoms with Crippen LogP contribution in [0.1, 0.15) is 54.9 Å². The second-order valence-electron chi connectivity index (χ2n) is 6.31. The van der Waals surface area contributed by atoms with Crippen LogP contribution in [0.2, 0.25) is 0 Å². The fourth-order valence-corrected chi connectivity index (χ4v) is 3.09. The third-order valence-electron chi connectivity index (χ3n) is 4.53. The van der Waals surface area contributed by atoms with Gasteiger partial charge in [-0.05, 0) is 43.4 Å². The Kier molecular flexibility index (Phi) is 3.59. The summed E-state index contributed by atoms with van der Waals surface area (Å²) in [5, 5.41) is 4.04. The number of amides is 1. The van der Waals surface area contributed by atoms with Crippen LogP contribution in [0.25, 0.3) is 0 Å². The molecule has 0 N–H and O–H groups in total. The van der Waals surface area contributed by atoms with Crippen LogP contribution in [0.3, 0.4) is 0 Å². The lowest BCUT2D eigenvalue weighted by atomic mass is 10.1. The summed E-state index contributed by atoms with van der Waals surface area (Å²) in [5.74, 6) is 1.50. The molecule has 1 atom stereocenters. The zero-order chi connectivity index (χ0) is 15.8. The number of halogens is 1. The molecule has 1 aromatic carbocycles. The van der Waals surface area contributed by atoms with Crippen molar-refractivity contribution in [1.29, 1.82) is 0 Å². The molecule has 0 bridgehead atoms. The maximum absolute atomic E-state index is 13.0. The van der Waals surface area contributed by atoms with Crippen LogP contribution in [0.15, 0.2) is 28.8 Å². The van der Waals surface area contributed by atoms with Gasteiger partial charge in [0, 0.05) is 12.5 Å². The summed E-state index contributed by atoms with van der Waals surface area (Å²) in [4.78, 5) is 18.9. The molecule has 4 rings (SSSR count). The highest BCUT2D eigenvalue weighted by Gasteiger charge is 2.36. The monoisotopic (exact) mass is 315 g/mol. The van der Waals surface area contributed by atoms with Gasteiger partial charge < -0.3 is 9.42 Å². The maximum Gasteiger partial charge on any atom is 0.249 e. The number of hydrogen-bond acceptors (Lipinski definition) is 4. The number of hydrogen-bond donors (Lipinski definition) is 0. The molecule has 1 aliphatic carbocycles. The summed E-state index contributed by atoms with van der Waals surface area (Å²) in [6, 6.07) is 5.93. The van der Waals surface area contributed by atoms with Crippen LogP contribution in [0.5, 0.6) is 0 Å². The van der Waals surface area contributed by atoms with E-state index >= 15 is 0 Å². The van der Waals surface area contributed by atoms with Gasteiger partial charge in [0.2, 0.25) is 11.8 Å². The molecular formula is C17H18FN3O2. The van der Waals surface area contributed by atoms with E-state index in [0.717, 1.165) is 37.1 Å². The normalized spacial score (nSPS) is 20.9. The Hall–Kier alpha value is -2.24. The van der Waals surface area contributed by atoms with Crippen molar-refractivity contribution < 1.29 is 13.7 Å². The number of nitrogens with zero attached hydrogens (tertiary/aromatic N) is 3. The Bertz CT molecular complexity index is 709. The summed E-state index contributed by atoms with van der Waals surface area (Å²) in [6.45, 7) is 0.700. The lowest BCUT2D eigenvalue weighted by Crippen LogP contribution is -2.32. The zero-order valence-electron chi connectivity index (χ0n) is 12.7. The molecule has 1 saturated carbocycles. The van der Waals surface area contributed by atoms with Crippen LogP contribution < -0.4 is 0 Å². The molecule has 2 aliphatic rings. The third-order valence-corrected chi connectivity index (χ3v) is 4.53. The first-order chi connectivity index (χ1) is 11.2. The molecule has 1 amide bonds. The number of aromatic nitrogens is 2. The Morgan fingerprint density at radius 2 is 2.04 bits per heavy atom. The van der Waals surface area contributed by atoms with Gasteiger partial charge >= 0.3 is 0 Å². The minimum Gasteiger partial charge on any atom is -0.337 e. The Labute approximate surface area is 133 Å². The predicted molar refractivity (Wildman–Crippen MR) is 80.1 cm³/mol. The molecular weight excluding hydrogens is 297 g/mol. The number of rotatable bonds is 4. The van der Waals surface area contributed by atoms with Crippen molar-refractivity contribution in [3.05, 3.63) is 47.4 Å². The Morgan fingerprint density at radius 1 is 1.26 bits per heavy atom. The van der Waals surface area contributed by atoms with E-state index < -0.39 is 0 Å². The minimum absolute atomic E-state index is 0.0188. The summed E-state index contributed by atoms with van der Waals surface area (Å²) in [6.07, 6.45) is 4.29. The zero-order valence-corrected chi connectivity index (χ0v) is 12.7. The highest BCUT2D eigenvalue weighted by atomic mass is 19.1. The highest BCUT2D eigenvalue weighted by molar-refractivity contribution is 5.79. The molecule has 1 aromatic heterocycles. The molecule has 23 heavy (non-hydrogen) atoms. The number of carbonyl (C=O) groups is 1. The molecule has 120 valence electrons. The number of carbonyl (C=O) groups excluding carboxylic acids is 1. The molecule has 0 spiro atoms. The van der Waals surface area contributed by atoms with E-state index in [1.807, 2.05) is 4.90 Å². The topological polar surface area (TPSA) is 59.2 Å². The Morgan fingerprint density at radius 3 is 2.78 bits per heavy atom. The molecule has 2 aromatic rings. The Balaban J connectivity index is 1.47. The van der Waals surface area contributed by atoms with E-state index in [1.54, 1.807) is 12.1 Å². The van der Waals surface area contributed by atoms with Gasteiger partial charge in [0.1, 0.15) is 11.9 Å². The molecule has 1 saturated heterocycles. The van der Waals surface area contributed by atoms with Gasteiger partial charge in [-0.2, -0.15) is 4.98 Å². The fraction of sp³-hybridized carbons (Fsp3) is 0.471. The molecule has 2 fully saturated rings. The van der Waals surface area contributed by atoms with Crippen molar-refractivity contribution in [2.45, 2.75) is 44.1 Å². The molecule has 1 unspecified atom stereocenters. The quantitative estimate of drug-likeness (QED) is 0.870. The van der Waals surface area contributed by atoms with Gasteiger partial charge in [-0.15, -0.1) is 0 Å². The minimum atomic E-state index is -0.293. The van der Waals surface area contributed by atoms with Gasteiger partial charge in [0.05, 0.1) is 6.42 Å². The molecule has 6 heteroatoms. The smallest absolute Gasteiger partial charge is 0.249 e. The van der Waals surface area contributed by atoms with Crippen LogP contribution in [0.4, 0.5) is 4.39 Å². The number of benzene rings is 1. The highest BCUT2D eigenvalue weighted by Crippen LogP contribution is 2.39. The summed E-state index contributed by atoms with van der Waals surface area (Å²) >= 11 is 0. The fourth-order valence-electron chi connectivity index (χ4n) is 3.09. The maximum atomic E-state index is 13.0. The van der Waals surface area contributed by atoms with E-state index in [0.29, 0.717) is 18.4 Å². The average molecular weight is 315 g/mol. The molecule has 0 radical (unpaired) electrons. The van der Waals surface area contributed by atoms with Gasteiger partial charge in [-0.1, -0.05) is 17.3 Å². The van der Waals surface area contributed by atoms with E-state index in [2.05, 4.69) is 10.1 Å². The molecule has 5 nitrogen and oxygen atoms in total. The van der Waals surface area contributed by atoms with E-state index in [1.165, 1.54) is 12.1 Å². The van der Waals surface area contributed by atoms with E-state index in [9.17, 15) is 9.18 Å². The SMILES string of the molecule is O=C(Cc1ccc(F)cc1)N1CCCC1c1nc(C2CC2)no1. The molecule has 1 aliphatic heterocycles. The predicted octanol–water partition coefficient (Wildman–Crippen LogP) is 2.99. The van der Waals surface area contributed by atoms with Gasteiger partial charge in [-0.3, -0.25) is 4.79 Å². The number of likely N-dealkylation sites (tertiary alicyclic amines) is 1. The lowest BCUT2D eigenvalue weighted by Gasteiger charge is -2.21. The third kappa shape index (κ3) is 2.98. The van der Waals surface area contributed by atoms with Crippen molar-refractivity contribution in [1.82, 2.24) is 15.0 Å². The first-order valence-electron chi connectivity index (χ1n) is 8.08. The van der Waals surface area contributed by atoms with Gasteiger partial charge in [0.25, 0.3) is 0 Å². The summed E-state index contributed by atoms with van der Waals surface area (Å²) < 4.78 is 18.3. The van der Waals surface area contributed by atoms with Crippen LogP contribution in [0, 0.1) is 5.82 Å². The molecule has 2 heterocycles. The summed E-state index contributed by atoms with van der Waals surface area (Å²) in [7, 11) is 0. The van der Waals surface area contributed by atoms with E-state index in [4.69, 9.17) is 4.52 Å². The lowest BCUT2D eigenvalue weighted by molar-refractivity contribution is -0.131. The van der Waals surface area contributed by atoms with Crippen LogP contribution >= 0.6 is 0 Å². The van der Waals surface area contributed by atoms with Crippen molar-refractivity contribution in [2.75, 3.05) is 6.54 Å². The van der Waals surface area contributed by atoms with Crippen molar-refractivity contribution in [3.8, 4) is 0 Å².